The summed E-state index contributed by atoms with van der Waals surface area (Å²) < 4.78 is 18.3. The second kappa shape index (κ2) is 11.4. The number of aliphatic hydroxyl groups is 2. The Morgan fingerprint density at radius 3 is 2.14 bits per heavy atom. The average Bonchev–Trinajstić information content (AvgIpc) is 2.74. The first-order valence-corrected chi connectivity index (χ1v) is 10.4. The SMILES string of the molecule is C[C@@H]1C[C@H](O)[C@@H](CO)O[C@@H](COCc2ccccc2)[C@H](OCc2ccccc2)C1. The van der Waals surface area contributed by atoms with Crippen LogP contribution in [0.25, 0.3) is 0 Å². The lowest BCUT2D eigenvalue weighted by molar-refractivity contribution is -0.182. The van der Waals surface area contributed by atoms with E-state index in [-0.39, 0.29) is 24.7 Å². The zero-order chi connectivity index (χ0) is 20.5. The lowest BCUT2D eigenvalue weighted by Gasteiger charge is -2.37. The van der Waals surface area contributed by atoms with Gasteiger partial charge in [-0.1, -0.05) is 67.6 Å². The van der Waals surface area contributed by atoms with Gasteiger partial charge in [-0.25, -0.2) is 0 Å². The minimum Gasteiger partial charge on any atom is -0.394 e. The predicted octanol–water partition coefficient (Wildman–Crippen LogP) is 3.33. The van der Waals surface area contributed by atoms with Crippen LogP contribution in [0, 0.1) is 5.92 Å². The van der Waals surface area contributed by atoms with Gasteiger partial charge in [-0.15, -0.1) is 0 Å². The van der Waals surface area contributed by atoms with Crippen LogP contribution >= 0.6 is 0 Å². The largest absolute Gasteiger partial charge is 0.394 e. The molecule has 2 aromatic rings. The van der Waals surface area contributed by atoms with Crippen molar-refractivity contribution in [1.82, 2.24) is 0 Å². The summed E-state index contributed by atoms with van der Waals surface area (Å²) in [6.45, 7) is 3.18. The molecule has 1 aliphatic heterocycles. The van der Waals surface area contributed by atoms with Crippen molar-refractivity contribution in [3.63, 3.8) is 0 Å². The van der Waals surface area contributed by atoms with Crippen molar-refractivity contribution in [3.05, 3.63) is 71.8 Å². The third kappa shape index (κ3) is 6.91. The first-order chi connectivity index (χ1) is 14.2. The number of hydrogen-bond acceptors (Lipinski definition) is 5. The lowest BCUT2D eigenvalue weighted by atomic mass is 9.91. The van der Waals surface area contributed by atoms with Crippen LogP contribution in [0.5, 0.6) is 0 Å². The molecule has 1 heterocycles. The molecule has 0 amide bonds. The lowest BCUT2D eigenvalue weighted by Crippen LogP contribution is -2.47. The highest BCUT2D eigenvalue weighted by Crippen LogP contribution is 2.27. The number of ether oxygens (including phenoxy) is 3. The van der Waals surface area contributed by atoms with Crippen molar-refractivity contribution in [2.45, 2.75) is 57.4 Å². The van der Waals surface area contributed by atoms with Gasteiger partial charge >= 0.3 is 0 Å². The van der Waals surface area contributed by atoms with Gasteiger partial charge in [-0.05, 0) is 29.9 Å². The molecule has 1 saturated heterocycles. The maximum Gasteiger partial charge on any atom is 0.108 e. The van der Waals surface area contributed by atoms with Gasteiger partial charge < -0.3 is 24.4 Å². The second-order valence-corrected chi connectivity index (χ2v) is 7.88. The summed E-state index contributed by atoms with van der Waals surface area (Å²) in [6.07, 6.45) is -0.526. The molecule has 29 heavy (non-hydrogen) atoms. The molecule has 5 atom stereocenters. The minimum absolute atomic E-state index is 0.178. The molecule has 1 fully saturated rings. The summed E-state index contributed by atoms with van der Waals surface area (Å²) in [7, 11) is 0. The maximum absolute atomic E-state index is 10.4. The fourth-order valence-corrected chi connectivity index (χ4v) is 3.74. The Morgan fingerprint density at radius 1 is 0.897 bits per heavy atom. The number of hydrogen-bond donors (Lipinski definition) is 2. The Labute approximate surface area is 173 Å². The first kappa shape index (κ1) is 21.9. The normalized spacial score (nSPS) is 27.9. The van der Waals surface area contributed by atoms with E-state index in [1.54, 1.807) is 0 Å². The molecular formula is C24H32O5. The molecule has 0 spiro atoms. The van der Waals surface area contributed by atoms with Crippen molar-refractivity contribution in [2.75, 3.05) is 13.2 Å². The zero-order valence-electron chi connectivity index (χ0n) is 17.0. The minimum atomic E-state index is -0.693. The Kier molecular flexibility index (Phi) is 8.65. The van der Waals surface area contributed by atoms with Crippen LogP contribution in [0.1, 0.15) is 30.9 Å². The van der Waals surface area contributed by atoms with E-state index in [4.69, 9.17) is 14.2 Å². The molecule has 0 aliphatic carbocycles. The van der Waals surface area contributed by atoms with Gasteiger partial charge in [-0.2, -0.15) is 0 Å². The fraction of sp³-hybridized carbons (Fsp3) is 0.500. The van der Waals surface area contributed by atoms with Crippen molar-refractivity contribution in [2.24, 2.45) is 5.92 Å². The summed E-state index contributed by atoms with van der Waals surface area (Å²) >= 11 is 0. The number of rotatable bonds is 8. The third-order valence-corrected chi connectivity index (χ3v) is 5.35. The Hall–Kier alpha value is -1.76. The predicted molar refractivity (Wildman–Crippen MR) is 111 cm³/mol. The van der Waals surface area contributed by atoms with Crippen LogP contribution in [0.2, 0.25) is 0 Å². The van der Waals surface area contributed by atoms with Crippen LogP contribution in [-0.2, 0) is 27.4 Å². The van der Waals surface area contributed by atoms with Crippen LogP contribution in [0.4, 0.5) is 0 Å². The van der Waals surface area contributed by atoms with Crippen LogP contribution < -0.4 is 0 Å². The van der Waals surface area contributed by atoms with E-state index in [9.17, 15) is 10.2 Å². The van der Waals surface area contributed by atoms with Gasteiger partial charge in [0.15, 0.2) is 0 Å². The standard InChI is InChI=1S/C24H32O5/c1-18-12-21(26)23(14-25)29-24(17-27-15-19-8-4-2-5-9-19)22(13-18)28-16-20-10-6-3-7-11-20/h2-11,18,21-26H,12-17H2,1H3/t18-,21+,22-,23-,24+/m1/s1. The van der Waals surface area contributed by atoms with Gasteiger partial charge in [0, 0.05) is 0 Å². The molecule has 5 nitrogen and oxygen atoms in total. The van der Waals surface area contributed by atoms with E-state index >= 15 is 0 Å². The van der Waals surface area contributed by atoms with E-state index in [0.717, 1.165) is 17.5 Å². The molecule has 1 aliphatic rings. The van der Waals surface area contributed by atoms with Crippen LogP contribution in [-0.4, -0.2) is 47.8 Å². The molecular weight excluding hydrogens is 368 g/mol. The molecule has 0 unspecified atom stereocenters. The monoisotopic (exact) mass is 400 g/mol. The van der Waals surface area contributed by atoms with Gasteiger partial charge in [0.05, 0.1) is 38.6 Å². The topological polar surface area (TPSA) is 68.2 Å². The van der Waals surface area contributed by atoms with Crippen molar-refractivity contribution in [3.8, 4) is 0 Å². The molecule has 2 N–H and O–H groups in total. The summed E-state index contributed by atoms with van der Waals surface area (Å²) in [4.78, 5) is 0. The van der Waals surface area contributed by atoms with Gasteiger partial charge in [0.25, 0.3) is 0 Å². The van der Waals surface area contributed by atoms with Gasteiger partial charge in [0.2, 0.25) is 0 Å². The highest BCUT2D eigenvalue weighted by molar-refractivity contribution is 5.14. The zero-order valence-corrected chi connectivity index (χ0v) is 17.0. The van der Waals surface area contributed by atoms with E-state index < -0.39 is 12.2 Å². The summed E-state index contributed by atoms with van der Waals surface area (Å²) in [5.41, 5.74) is 2.19. The van der Waals surface area contributed by atoms with Crippen molar-refractivity contribution >= 4 is 0 Å². The Morgan fingerprint density at radius 2 is 1.52 bits per heavy atom. The molecule has 0 radical (unpaired) electrons. The molecule has 2 aromatic carbocycles. The van der Waals surface area contributed by atoms with E-state index in [1.165, 1.54) is 0 Å². The van der Waals surface area contributed by atoms with Gasteiger partial charge in [0.1, 0.15) is 12.2 Å². The molecule has 158 valence electrons. The fourth-order valence-electron chi connectivity index (χ4n) is 3.74. The van der Waals surface area contributed by atoms with Crippen molar-refractivity contribution in [1.29, 1.82) is 0 Å². The molecule has 0 saturated carbocycles. The highest BCUT2D eigenvalue weighted by Gasteiger charge is 2.34. The summed E-state index contributed by atoms with van der Waals surface area (Å²) in [5.74, 6) is 0.250. The quantitative estimate of drug-likeness (QED) is 0.711. The molecule has 5 heteroatoms. The molecule has 0 aromatic heterocycles. The second-order valence-electron chi connectivity index (χ2n) is 7.88. The molecule has 0 bridgehead atoms. The van der Waals surface area contributed by atoms with Crippen LogP contribution in [0.15, 0.2) is 60.7 Å². The first-order valence-electron chi connectivity index (χ1n) is 10.4. The smallest absolute Gasteiger partial charge is 0.108 e. The molecule has 3 rings (SSSR count). The number of aliphatic hydroxyl groups excluding tert-OH is 2. The van der Waals surface area contributed by atoms with E-state index in [0.29, 0.717) is 26.2 Å². The summed E-state index contributed by atoms with van der Waals surface area (Å²) in [6, 6.07) is 20.0. The Bertz CT molecular complexity index is 693. The average molecular weight is 401 g/mol. The van der Waals surface area contributed by atoms with E-state index in [2.05, 4.69) is 6.92 Å². The van der Waals surface area contributed by atoms with Crippen LogP contribution in [0.3, 0.4) is 0 Å². The summed E-state index contributed by atoms with van der Waals surface area (Å²) in [5, 5.41) is 20.1. The highest BCUT2D eigenvalue weighted by atomic mass is 16.6. The Balaban J connectivity index is 1.66. The van der Waals surface area contributed by atoms with Gasteiger partial charge in [-0.3, -0.25) is 0 Å². The maximum atomic E-state index is 10.4. The van der Waals surface area contributed by atoms with E-state index in [1.807, 2.05) is 60.7 Å². The third-order valence-electron chi connectivity index (χ3n) is 5.35. The van der Waals surface area contributed by atoms with Crippen molar-refractivity contribution < 1.29 is 24.4 Å². The number of benzene rings is 2.